The molecule has 0 aliphatic carbocycles. The van der Waals surface area contributed by atoms with Crippen LogP contribution in [0.3, 0.4) is 0 Å². The van der Waals surface area contributed by atoms with Crippen LogP contribution in [0.25, 0.3) is 10.4 Å². The highest BCUT2D eigenvalue weighted by atomic mass is 32.1. The van der Waals surface area contributed by atoms with Crippen LogP contribution in [0.5, 0.6) is 0 Å². The van der Waals surface area contributed by atoms with Crippen molar-refractivity contribution in [3.05, 3.63) is 60.2 Å². The lowest BCUT2D eigenvalue weighted by Gasteiger charge is -2.17. The molecule has 3 aromatic rings. The van der Waals surface area contributed by atoms with Crippen LogP contribution in [-0.2, 0) is 11.2 Å². The van der Waals surface area contributed by atoms with Gasteiger partial charge in [-0.25, -0.2) is 14.4 Å². The molecule has 1 aliphatic rings. The summed E-state index contributed by atoms with van der Waals surface area (Å²) < 4.78 is 13.1. The third-order valence-corrected chi connectivity index (χ3v) is 6.41. The number of aldehydes is 1. The number of carbonyl (C=O) groups is 1. The van der Waals surface area contributed by atoms with Crippen molar-refractivity contribution in [2.45, 2.75) is 25.7 Å². The minimum absolute atomic E-state index is 0.243. The molecule has 1 aliphatic heterocycles. The first-order chi connectivity index (χ1) is 14.7. The number of halogens is 1. The fourth-order valence-corrected chi connectivity index (χ4v) is 4.69. The number of hydrogen-bond donors (Lipinski definition) is 1. The molecule has 1 atom stereocenters. The lowest BCUT2D eigenvalue weighted by atomic mass is 9.95. The highest BCUT2D eigenvalue weighted by molar-refractivity contribution is 7.18. The highest BCUT2D eigenvalue weighted by Gasteiger charge is 2.18. The fourth-order valence-electron chi connectivity index (χ4n) is 3.86. The van der Waals surface area contributed by atoms with Crippen molar-refractivity contribution in [3.8, 4) is 10.4 Å². The molecule has 0 bridgehead atoms. The number of aromatic nitrogens is 2. The normalized spacial score (nSPS) is 17.4. The summed E-state index contributed by atoms with van der Waals surface area (Å²) in [6.07, 6.45) is 7.13. The number of anilines is 2. The van der Waals surface area contributed by atoms with Crippen LogP contribution in [0, 0.1) is 11.7 Å². The molecule has 0 radical (unpaired) electrons. The zero-order valence-corrected chi connectivity index (χ0v) is 17.6. The van der Waals surface area contributed by atoms with Gasteiger partial charge in [0.2, 0.25) is 0 Å². The van der Waals surface area contributed by atoms with E-state index in [1.54, 1.807) is 18.3 Å². The second-order valence-corrected chi connectivity index (χ2v) is 8.67. The van der Waals surface area contributed by atoms with Gasteiger partial charge < -0.3 is 10.1 Å². The molecule has 2 aromatic heterocycles. The molecular weight excluding hydrogens is 399 g/mol. The van der Waals surface area contributed by atoms with Gasteiger partial charge in [0.1, 0.15) is 17.9 Å². The summed E-state index contributed by atoms with van der Waals surface area (Å²) in [7, 11) is 0. The summed E-state index contributed by atoms with van der Waals surface area (Å²) in [6.45, 7) is 2.52. The van der Waals surface area contributed by atoms with Gasteiger partial charge in [-0.05, 0) is 74.5 Å². The quantitative estimate of drug-likeness (QED) is 0.545. The molecule has 1 fully saturated rings. The van der Waals surface area contributed by atoms with Crippen LogP contribution in [0.15, 0.2) is 48.7 Å². The molecule has 30 heavy (non-hydrogen) atoms. The fraction of sp³-hybridized carbons (Fsp3) is 0.348. The standard InChI is InChI=1S/C23H25FN4OS/c24-19-8-6-18(7-9-19)21-16-25-23(30-21)27-22-5-1-4-20(26-22)15-17-3-2-11-28(12-10-17)13-14-29/h1,4-9,14,16-17H,2-3,10-13,15H2,(H,25,26,27). The molecule has 0 amide bonds. The third-order valence-electron chi connectivity index (χ3n) is 5.45. The smallest absolute Gasteiger partial charge is 0.188 e. The van der Waals surface area contributed by atoms with E-state index in [4.69, 9.17) is 4.98 Å². The average molecular weight is 425 g/mol. The monoisotopic (exact) mass is 424 g/mol. The van der Waals surface area contributed by atoms with Crippen molar-refractivity contribution >= 4 is 28.6 Å². The molecular formula is C23H25FN4OS. The Morgan fingerprint density at radius 1 is 1.17 bits per heavy atom. The van der Waals surface area contributed by atoms with E-state index in [1.165, 1.54) is 29.9 Å². The maximum Gasteiger partial charge on any atom is 0.188 e. The van der Waals surface area contributed by atoms with E-state index < -0.39 is 0 Å². The van der Waals surface area contributed by atoms with Crippen LogP contribution in [0.1, 0.15) is 25.0 Å². The molecule has 5 nitrogen and oxygen atoms in total. The zero-order chi connectivity index (χ0) is 20.8. The van der Waals surface area contributed by atoms with Crippen molar-refractivity contribution in [2.24, 2.45) is 5.92 Å². The first-order valence-electron chi connectivity index (χ1n) is 10.3. The second kappa shape index (κ2) is 9.91. The SMILES string of the molecule is O=CCN1CCCC(Cc2cccc(Nc3ncc(-c4ccc(F)cc4)s3)n2)CC1. The van der Waals surface area contributed by atoms with E-state index in [9.17, 15) is 9.18 Å². The zero-order valence-electron chi connectivity index (χ0n) is 16.8. The maximum absolute atomic E-state index is 13.1. The predicted molar refractivity (Wildman–Crippen MR) is 119 cm³/mol. The van der Waals surface area contributed by atoms with E-state index >= 15 is 0 Å². The number of benzene rings is 1. The summed E-state index contributed by atoms with van der Waals surface area (Å²) in [4.78, 5) is 23.2. The number of thiazole rings is 1. The number of nitrogens with zero attached hydrogens (tertiary/aromatic N) is 3. The number of pyridine rings is 1. The van der Waals surface area contributed by atoms with Crippen LogP contribution in [0.4, 0.5) is 15.3 Å². The van der Waals surface area contributed by atoms with Crippen LogP contribution in [-0.4, -0.2) is 40.8 Å². The van der Waals surface area contributed by atoms with Gasteiger partial charge in [0, 0.05) is 11.9 Å². The van der Waals surface area contributed by atoms with Gasteiger partial charge in [0.25, 0.3) is 0 Å². The Kier molecular flexibility index (Phi) is 6.81. The van der Waals surface area contributed by atoms with Gasteiger partial charge in [-0.15, -0.1) is 0 Å². The minimum Gasteiger partial charge on any atom is -0.316 e. The molecule has 7 heteroatoms. The second-order valence-electron chi connectivity index (χ2n) is 7.64. The molecule has 4 rings (SSSR count). The van der Waals surface area contributed by atoms with Gasteiger partial charge in [-0.2, -0.15) is 0 Å². The first-order valence-corrected chi connectivity index (χ1v) is 11.1. The minimum atomic E-state index is -0.243. The summed E-state index contributed by atoms with van der Waals surface area (Å²) in [6, 6.07) is 12.5. The van der Waals surface area contributed by atoms with Crippen molar-refractivity contribution in [1.82, 2.24) is 14.9 Å². The molecule has 1 N–H and O–H groups in total. The van der Waals surface area contributed by atoms with E-state index in [0.29, 0.717) is 12.5 Å². The Balaban J connectivity index is 1.38. The van der Waals surface area contributed by atoms with Gasteiger partial charge in [-0.3, -0.25) is 4.90 Å². The number of likely N-dealkylation sites (tertiary alicyclic amines) is 1. The number of carbonyl (C=O) groups excluding carboxylic acids is 1. The molecule has 1 unspecified atom stereocenters. The van der Waals surface area contributed by atoms with Crippen molar-refractivity contribution in [3.63, 3.8) is 0 Å². The molecule has 0 spiro atoms. The largest absolute Gasteiger partial charge is 0.316 e. The van der Waals surface area contributed by atoms with Gasteiger partial charge in [0.15, 0.2) is 5.13 Å². The van der Waals surface area contributed by atoms with Crippen LogP contribution >= 0.6 is 11.3 Å². The van der Waals surface area contributed by atoms with E-state index in [-0.39, 0.29) is 5.82 Å². The molecule has 0 saturated carbocycles. The summed E-state index contributed by atoms with van der Waals surface area (Å²) >= 11 is 1.52. The summed E-state index contributed by atoms with van der Waals surface area (Å²) in [5, 5.41) is 4.06. The maximum atomic E-state index is 13.1. The Morgan fingerprint density at radius 2 is 2.03 bits per heavy atom. The Bertz CT molecular complexity index is 975. The molecule has 156 valence electrons. The van der Waals surface area contributed by atoms with Crippen molar-refractivity contribution in [1.29, 1.82) is 0 Å². The third kappa shape index (κ3) is 5.49. The van der Waals surface area contributed by atoms with E-state index in [1.807, 2.05) is 12.1 Å². The Morgan fingerprint density at radius 3 is 2.87 bits per heavy atom. The lowest BCUT2D eigenvalue weighted by molar-refractivity contribution is -0.108. The number of rotatable bonds is 7. The molecule has 1 saturated heterocycles. The van der Waals surface area contributed by atoms with Gasteiger partial charge in [-0.1, -0.05) is 29.5 Å². The summed E-state index contributed by atoms with van der Waals surface area (Å²) in [5.41, 5.74) is 2.02. The average Bonchev–Trinajstić information content (AvgIpc) is 3.09. The van der Waals surface area contributed by atoms with Gasteiger partial charge >= 0.3 is 0 Å². The van der Waals surface area contributed by atoms with E-state index in [0.717, 1.165) is 65.7 Å². The lowest BCUT2D eigenvalue weighted by Crippen LogP contribution is -2.26. The first kappa shape index (κ1) is 20.6. The predicted octanol–water partition coefficient (Wildman–Crippen LogP) is 4.93. The summed E-state index contributed by atoms with van der Waals surface area (Å²) in [5.74, 6) is 1.13. The van der Waals surface area contributed by atoms with Crippen molar-refractivity contribution < 1.29 is 9.18 Å². The topological polar surface area (TPSA) is 58.1 Å². The molecule has 3 heterocycles. The Labute approximate surface area is 180 Å². The molecule has 1 aromatic carbocycles. The van der Waals surface area contributed by atoms with E-state index in [2.05, 4.69) is 21.3 Å². The van der Waals surface area contributed by atoms with Gasteiger partial charge in [0.05, 0.1) is 11.4 Å². The van der Waals surface area contributed by atoms with Crippen LogP contribution < -0.4 is 5.32 Å². The number of hydrogen-bond acceptors (Lipinski definition) is 6. The van der Waals surface area contributed by atoms with Crippen molar-refractivity contribution in [2.75, 3.05) is 25.0 Å². The highest BCUT2D eigenvalue weighted by Crippen LogP contribution is 2.30. The van der Waals surface area contributed by atoms with Crippen LogP contribution in [0.2, 0.25) is 0 Å². The number of nitrogens with one attached hydrogen (secondary N) is 1. The Hall–Kier alpha value is -2.64.